The summed E-state index contributed by atoms with van der Waals surface area (Å²) >= 11 is 3.42. The number of rotatable bonds is 5. The number of urea groups is 1. The summed E-state index contributed by atoms with van der Waals surface area (Å²) in [5.74, 6) is 0.612. The first kappa shape index (κ1) is 19.4. The van der Waals surface area contributed by atoms with Crippen LogP contribution in [0, 0.1) is 0 Å². The third kappa shape index (κ3) is 3.48. The fourth-order valence-electron chi connectivity index (χ4n) is 3.26. The van der Waals surface area contributed by atoms with Crippen molar-refractivity contribution in [2.24, 2.45) is 0 Å². The number of ether oxygens (including phenoxy) is 3. The minimum absolute atomic E-state index is 0.0179. The molecule has 0 aromatic heterocycles. The molecule has 1 saturated heterocycles. The zero-order chi connectivity index (χ0) is 20.8. The van der Waals surface area contributed by atoms with Crippen molar-refractivity contribution < 1.29 is 32.6 Å². The van der Waals surface area contributed by atoms with Crippen LogP contribution in [0.25, 0.3) is 0 Å². The van der Waals surface area contributed by atoms with E-state index in [0.717, 1.165) is 4.90 Å². The highest BCUT2D eigenvalue weighted by molar-refractivity contribution is 9.10. The van der Waals surface area contributed by atoms with E-state index in [-0.39, 0.29) is 19.1 Å². The zero-order valence-corrected chi connectivity index (χ0v) is 16.7. The summed E-state index contributed by atoms with van der Waals surface area (Å²) in [6.45, 7) is -1.26. The van der Waals surface area contributed by atoms with E-state index in [9.17, 15) is 18.4 Å². The fourth-order valence-corrected chi connectivity index (χ4v) is 3.70. The third-order valence-electron chi connectivity index (χ3n) is 4.80. The number of hydrogen-bond donors (Lipinski definition) is 1. The normalized spacial score (nSPS) is 20.4. The Morgan fingerprint density at radius 3 is 2.52 bits per heavy atom. The molecular formula is C19H15BrF2N2O5. The van der Waals surface area contributed by atoms with E-state index in [1.54, 1.807) is 19.1 Å². The summed E-state index contributed by atoms with van der Waals surface area (Å²) in [4.78, 5) is 26.7. The van der Waals surface area contributed by atoms with Crippen LogP contribution in [0.5, 0.6) is 17.2 Å². The highest BCUT2D eigenvalue weighted by atomic mass is 79.9. The highest BCUT2D eigenvalue weighted by Gasteiger charge is 2.49. The lowest BCUT2D eigenvalue weighted by Gasteiger charge is -2.22. The number of benzene rings is 2. The van der Waals surface area contributed by atoms with Gasteiger partial charge in [0.2, 0.25) is 6.79 Å². The average Bonchev–Trinajstić information content (AvgIpc) is 3.20. The Labute approximate surface area is 172 Å². The molecule has 0 saturated carbocycles. The lowest BCUT2D eigenvalue weighted by atomic mass is 9.92. The number of amides is 3. The predicted molar refractivity (Wildman–Crippen MR) is 99.8 cm³/mol. The second kappa shape index (κ2) is 7.18. The molecule has 1 atom stereocenters. The number of nitrogens with zero attached hydrogens (tertiary/aromatic N) is 1. The van der Waals surface area contributed by atoms with Gasteiger partial charge in [0.15, 0.2) is 11.5 Å². The Morgan fingerprint density at radius 2 is 1.86 bits per heavy atom. The van der Waals surface area contributed by atoms with E-state index in [0.29, 0.717) is 27.1 Å². The van der Waals surface area contributed by atoms with Gasteiger partial charge >= 0.3 is 12.6 Å². The van der Waals surface area contributed by atoms with Crippen molar-refractivity contribution in [3.8, 4) is 17.2 Å². The standard InChI is InChI=1S/C19H15BrF2N2O5/c1-19(11-2-4-12(5-3-11)29-17(21)22)16(25)24(18(26)23-19)8-10-6-14-15(7-13(10)20)28-9-27-14/h2-7,17H,8-9H2,1H3,(H,23,26). The number of nitrogens with one attached hydrogen (secondary N) is 1. The summed E-state index contributed by atoms with van der Waals surface area (Å²) in [6.07, 6.45) is 0. The Kier molecular flexibility index (Phi) is 4.81. The number of fused-ring (bicyclic) bond motifs is 1. The van der Waals surface area contributed by atoms with Crippen LogP contribution in [0.2, 0.25) is 0 Å². The highest BCUT2D eigenvalue weighted by Crippen LogP contribution is 2.38. The summed E-state index contributed by atoms with van der Waals surface area (Å²) < 4.78 is 40.3. The molecule has 1 fully saturated rings. The van der Waals surface area contributed by atoms with E-state index in [1.165, 1.54) is 24.3 Å². The van der Waals surface area contributed by atoms with Gasteiger partial charge in [-0.2, -0.15) is 8.78 Å². The maximum Gasteiger partial charge on any atom is 0.387 e. The lowest BCUT2D eigenvalue weighted by molar-refractivity contribution is -0.131. The van der Waals surface area contributed by atoms with Crippen LogP contribution < -0.4 is 19.5 Å². The molecule has 0 radical (unpaired) electrons. The molecule has 2 aromatic rings. The first-order chi connectivity index (χ1) is 13.8. The second-order valence-corrected chi connectivity index (χ2v) is 7.50. The van der Waals surface area contributed by atoms with Crippen LogP contribution in [-0.4, -0.2) is 30.2 Å². The van der Waals surface area contributed by atoms with Crippen LogP contribution in [0.4, 0.5) is 13.6 Å². The van der Waals surface area contributed by atoms with Gasteiger partial charge in [0.25, 0.3) is 5.91 Å². The molecular weight excluding hydrogens is 454 g/mol. The molecule has 2 aromatic carbocycles. The van der Waals surface area contributed by atoms with Crippen LogP contribution in [0.3, 0.4) is 0 Å². The molecule has 2 aliphatic rings. The van der Waals surface area contributed by atoms with Gasteiger partial charge in [0.1, 0.15) is 11.3 Å². The first-order valence-electron chi connectivity index (χ1n) is 8.55. The number of carbonyl (C=O) groups is 2. The molecule has 3 amide bonds. The molecule has 0 bridgehead atoms. The number of halogens is 3. The molecule has 1 unspecified atom stereocenters. The van der Waals surface area contributed by atoms with Crippen molar-refractivity contribution >= 4 is 27.9 Å². The van der Waals surface area contributed by atoms with Crippen molar-refractivity contribution in [3.05, 3.63) is 52.0 Å². The van der Waals surface area contributed by atoms with Gasteiger partial charge in [-0.1, -0.05) is 28.1 Å². The van der Waals surface area contributed by atoms with Crippen LogP contribution >= 0.6 is 15.9 Å². The van der Waals surface area contributed by atoms with Gasteiger partial charge in [0.05, 0.1) is 6.54 Å². The SMILES string of the molecule is CC1(c2ccc(OC(F)F)cc2)NC(=O)N(Cc2cc3c(cc2Br)OCO3)C1=O. The molecule has 1 N–H and O–H groups in total. The zero-order valence-electron chi connectivity index (χ0n) is 15.1. The maximum atomic E-state index is 13.1. The van der Waals surface area contributed by atoms with Crippen LogP contribution in [0.1, 0.15) is 18.1 Å². The average molecular weight is 469 g/mol. The summed E-state index contributed by atoms with van der Waals surface area (Å²) in [7, 11) is 0. The van der Waals surface area contributed by atoms with E-state index >= 15 is 0 Å². The van der Waals surface area contributed by atoms with Gasteiger partial charge in [0, 0.05) is 4.47 Å². The number of hydrogen-bond acceptors (Lipinski definition) is 5. The minimum atomic E-state index is -2.94. The quantitative estimate of drug-likeness (QED) is 0.676. The van der Waals surface area contributed by atoms with Crippen molar-refractivity contribution in [3.63, 3.8) is 0 Å². The molecule has 0 aliphatic carbocycles. The van der Waals surface area contributed by atoms with E-state index < -0.39 is 24.1 Å². The van der Waals surface area contributed by atoms with Gasteiger partial charge in [-0.15, -0.1) is 0 Å². The van der Waals surface area contributed by atoms with Crippen molar-refractivity contribution in [1.29, 1.82) is 0 Å². The summed E-state index contributed by atoms with van der Waals surface area (Å²) in [5, 5.41) is 2.68. The molecule has 2 heterocycles. The number of carbonyl (C=O) groups excluding carboxylic acids is 2. The summed E-state index contributed by atoms with van der Waals surface area (Å²) in [6, 6.07) is 8.45. The van der Waals surface area contributed by atoms with Gasteiger partial charge < -0.3 is 19.5 Å². The Bertz CT molecular complexity index is 985. The third-order valence-corrected chi connectivity index (χ3v) is 5.54. The van der Waals surface area contributed by atoms with E-state index in [1.807, 2.05) is 0 Å². The molecule has 10 heteroatoms. The van der Waals surface area contributed by atoms with Crippen molar-refractivity contribution in [2.45, 2.75) is 25.6 Å². The van der Waals surface area contributed by atoms with Gasteiger partial charge in [-0.25, -0.2) is 4.79 Å². The van der Waals surface area contributed by atoms with E-state index in [4.69, 9.17) is 9.47 Å². The number of imide groups is 1. The van der Waals surface area contributed by atoms with Gasteiger partial charge in [-0.05, 0) is 42.3 Å². The van der Waals surface area contributed by atoms with Gasteiger partial charge in [-0.3, -0.25) is 9.69 Å². The minimum Gasteiger partial charge on any atom is -0.454 e. The Hall–Kier alpha value is -2.88. The van der Waals surface area contributed by atoms with Crippen LogP contribution in [0.15, 0.2) is 40.9 Å². The Balaban J connectivity index is 1.57. The van der Waals surface area contributed by atoms with Crippen molar-refractivity contribution in [1.82, 2.24) is 10.2 Å². The van der Waals surface area contributed by atoms with Crippen LogP contribution in [-0.2, 0) is 16.9 Å². The Morgan fingerprint density at radius 1 is 1.21 bits per heavy atom. The molecule has 4 rings (SSSR count). The smallest absolute Gasteiger partial charge is 0.387 e. The summed E-state index contributed by atoms with van der Waals surface area (Å²) in [5.41, 5.74) is -0.212. The monoisotopic (exact) mass is 468 g/mol. The molecule has 7 nitrogen and oxygen atoms in total. The lowest BCUT2D eigenvalue weighted by Crippen LogP contribution is -2.40. The van der Waals surface area contributed by atoms with Crippen molar-refractivity contribution in [2.75, 3.05) is 6.79 Å². The molecule has 152 valence electrons. The number of alkyl halides is 2. The first-order valence-corrected chi connectivity index (χ1v) is 9.35. The fraction of sp³-hybridized carbons (Fsp3) is 0.263. The second-order valence-electron chi connectivity index (χ2n) is 6.65. The predicted octanol–water partition coefficient (Wildman–Crippen LogP) is 3.75. The van der Waals surface area contributed by atoms with E-state index in [2.05, 4.69) is 26.0 Å². The maximum absolute atomic E-state index is 13.1. The largest absolute Gasteiger partial charge is 0.454 e. The molecule has 0 spiro atoms. The topological polar surface area (TPSA) is 77.1 Å². The molecule has 29 heavy (non-hydrogen) atoms. The molecule has 2 aliphatic heterocycles.